The molecule has 2 rings (SSSR count). The molecule has 0 heterocycles. The molecule has 1 aromatic carbocycles. The molecule has 1 aliphatic rings. The Morgan fingerprint density at radius 1 is 1.10 bits per heavy atom. The molecule has 1 saturated carbocycles. The molecule has 3 heteroatoms. The van der Waals surface area contributed by atoms with Gasteiger partial charge in [-0.15, -0.1) is 0 Å². The predicted molar refractivity (Wildman–Crippen MR) is 87.2 cm³/mol. The lowest BCUT2D eigenvalue weighted by Crippen LogP contribution is -2.37. The van der Waals surface area contributed by atoms with E-state index in [1.54, 1.807) is 0 Å². The molecule has 1 N–H and O–H groups in total. The van der Waals surface area contributed by atoms with E-state index in [1.807, 2.05) is 24.3 Å². The number of nitrogens with one attached hydrogen (secondary N) is 1. The molecule has 0 bridgehead atoms. The Balaban J connectivity index is 1.70. The smallest absolute Gasteiger partial charge is 0.120 e. The fourth-order valence-corrected chi connectivity index (χ4v) is 2.75. The average Bonchev–Trinajstić information content (AvgIpc) is 2.53. The number of hydrogen-bond donors (Lipinski definition) is 1. The Morgan fingerprint density at radius 2 is 1.76 bits per heavy atom. The highest BCUT2D eigenvalue weighted by atomic mass is 16.5. The summed E-state index contributed by atoms with van der Waals surface area (Å²) in [6, 6.07) is 8.62. The van der Waals surface area contributed by atoms with Crippen molar-refractivity contribution in [2.24, 2.45) is 0 Å². The van der Waals surface area contributed by atoms with E-state index in [0.717, 1.165) is 31.1 Å². The minimum Gasteiger partial charge on any atom is -0.494 e. The van der Waals surface area contributed by atoms with Gasteiger partial charge in [0.1, 0.15) is 17.6 Å². The summed E-state index contributed by atoms with van der Waals surface area (Å²) in [6.45, 7) is 5.91. The van der Waals surface area contributed by atoms with E-state index in [4.69, 9.17) is 9.47 Å². The van der Waals surface area contributed by atoms with Gasteiger partial charge >= 0.3 is 0 Å². The van der Waals surface area contributed by atoms with E-state index in [-0.39, 0.29) is 6.10 Å². The summed E-state index contributed by atoms with van der Waals surface area (Å²) in [5.74, 6) is 1.83. The van der Waals surface area contributed by atoms with Crippen LogP contribution in [0.15, 0.2) is 24.3 Å². The fraction of sp³-hybridized carbons (Fsp3) is 0.667. The molecule has 0 radical (unpaired) electrons. The van der Waals surface area contributed by atoms with E-state index in [2.05, 4.69) is 19.2 Å². The largest absolute Gasteiger partial charge is 0.494 e. The SMILES string of the molecule is CCCOc1ccc(OC(C)CNC2CCCCC2)cc1. The van der Waals surface area contributed by atoms with Crippen LogP contribution in [0.5, 0.6) is 11.5 Å². The Bertz CT molecular complexity index is 385. The van der Waals surface area contributed by atoms with Gasteiger partial charge in [-0.1, -0.05) is 26.2 Å². The molecule has 0 aliphatic heterocycles. The van der Waals surface area contributed by atoms with E-state index in [1.165, 1.54) is 32.1 Å². The first-order valence-electron chi connectivity index (χ1n) is 8.41. The summed E-state index contributed by atoms with van der Waals surface area (Å²) in [6.07, 6.45) is 7.98. The van der Waals surface area contributed by atoms with Gasteiger partial charge in [-0.2, -0.15) is 0 Å². The van der Waals surface area contributed by atoms with Gasteiger partial charge in [0.15, 0.2) is 0 Å². The molecule has 0 saturated heterocycles. The number of ether oxygens (including phenoxy) is 2. The third kappa shape index (κ3) is 5.96. The first-order chi connectivity index (χ1) is 10.3. The van der Waals surface area contributed by atoms with Crippen LogP contribution in [-0.2, 0) is 0 Å². The van der Waals surface area contributed by atoms with Crippen molar-refractivity contribution in [3.8, 4) is 11.5 Å². The van der Waals surface area contributed by atoms with Crippen molar-refractivity contribution in [3.05, 3.63) is 24.3 Å². The van der Waals surface area contributed by atoms with Crippen LogP contribution < -0.4 is 14.8 Å². The zero-order valence-electron chi connectivity index (χ0n) is 13.4. The van der Waals surface area contributed by atoms with E-state index in [0.29, 0.717) is 6.04 Å². The molecule has 0 spiro atoms. The molecule has 1 aromatic rings. The van der Waals surface area contributed by atoms with Crippen molar-refractivity contribution in [2.75, 3.05) is 13.2 Å². The van der Waals surface area contributed by atoms with Crippen LogP contribution in [0.25, 0.3) is 0 Å². The van der Waals surface area contributed by atoms with Crippen molar-refractivity contribution in [1.82, 2.24) is 5.32 Å². The third-order valence-electron chi connectivity index (χ3n) is 3.93. The van der Waals surface area contributed by atoms with Gasteiger partial charge in [0, 0.05) is 12.6 Å². The highest BCUT2D eigenvalue weighted by Crippen LogP contribution is 2.20. The van der Waals surface area contributed by atoms with Crippen LogP contribution in [0, 0.1) is 0 Å². The van der Waals surface area contributed by atoms with Crippen LogP contribution in [0.3, 0.4) is 0 Å². The summed E-state index contributed by atoms with van der Waals surface area (Å²) in [4.78, 5) is 0. The second-order valence-corrected chi connectivity index (χ2v) is 5.99. The van der Waals surface area contributed by atoms with Crippen molar-refractivity contribution < 1.29 is 9.47 Å². The molecule has 1 unspecified atom stereocenters. The summed E-state index contributed by atoms with van der Waals surface area (Å²) < 4.78 is 11.5. The minimum atomic E-state index is 0.189. The molecule has 1 fully saturated rings. The summed E-state index contributed by atoms with van der Waals surface area (Å²) in [5, 5.41) is 3.63. The van der Waals surface area contributed by atoms with E-state index >= 15 is 0 Å². The highest BCUT2D eigenvalue weighted by molar-refractivity contribution is 5.31. The van der Waals surface area contributed by atoms with Gasteiger partial charge in [-0.25, -0.2) is 0 Å². The maximum absolute atomic E-state index is 5.95. The molecule has 1 aliphatic carbocycles. The summed E-state index contributed by atoms with van der Waals surface area (Å²) in [7, 11) is 0. The standard InChI is InChI=1S/C18H29NO2/c1-3-13-20-17-9-11-18(12-10-17)21-15(2)14-19-16-7-5-4-6-8-16/h9-12,15-16,19H,3-8,13-14H2,1-2H3. The van der Waals surface area contributed by atoms with Crippen LogP contribution in [-0.4, -0.2) is 25.3 Å². The summed E-state index contributed by atoms with van der Waals surface area (Å²) >= 11 is 0. The number of hydrogen-bond acceptors (Lipinski definition) is 3. The Morgan fingerprint density at radius 3 is 2.43 bits per heavy atom. The van der Waals surface area contributed by atoms with Gasteiger partial charge in [0.2, 0.25) is 0 Å². The normalized spacial score (nSPS) is 17.4. The van der Waals surface area contributed by atoms with Crippen LogP contribution in [0.1, 0.15) is 52.4 Å². The average molecular weight is 291 g/mol. The van der Waals surface area contributed by atoms with Crippen molar-refractivity contribution in [3.63, 3.8) is 0 Å². The molecular formula is C18H29NO2. The van der Waals surface area contributed by atoms with Crippen LogP contribution >= 0.6 is 0 Å². The Labute approximate surface area is 129 Å². The zero-order chi connectivity index (χ0) is 14.9. The highest BCUT2D eigenvalue weighted by Gasteiger charge is 2.14. The quantitative estimate of drug-likeness (QED) is 0.780. The molecule has 3 nitrogen and oxygen atoms in total. The van der Waals surface area contributed by atoms with E-state index < -0.39 is 0 Å². The molecule has 118 valence electrons. The van der Waals surface area contributed by atoms with Crippen molar-refractivity contribution in [1.29, 1.82) is 0 Å². The number of rotatable bonds is 8. The second kappa shape index (κ2) is 8.93. The molecule has 1 atom stereocenters. The van der Waals surface area contributed by atoms with Crippen molar-refractivity contribution in [2.45, 2.75) is 64.5 Å². The van der Waals surface area contributed by atoms with Gasteiger partial charge in [0.05, 0.1) is 6.61 Å². The summed E-state index contributed by atoms with van der Waals surface area (Å²) in [5.41, 5.74) is 0. The minimum absolute atomic E-state index is 0.189. The number of benzene rings is 1. The first-order valence-corrected chi connectivity index (χ1v) is 8.41. The molecule has 0 aromatic heterocycles. The van der Waals surface area contributed by atoms with Gasteiger partial charge in [-0.3, -0.25) is 0 Å². The van der Waals surface area contributed by atoms with Crippen LogP contribution in [0.4, 0.5) is 0 Å². The van der Waals surface area contributed by atoms with E-state index in [9.17, 15) is 0 Å². The molecular weight excluding hydrogens is 262 g/mol. The lowest BCUT2D eigenvalue weighted by atomic mass is 9.95. The van der Waals surface area contributed by atoms with Gasteiger partial charge < -0.3 is 14.8 Å². The Kier molecular flexibility index (Phi) is 6.87. The first kappa shape index (κ1) is 16.2. The lowest BCUT2D eigenvalue weighted by Gasteiger charge is -2.25. The fourth-order valence-electron chi connectivity index (χ4n) is 2.75. The Hall–Kier alpha value is -1.22. The topological polar surface area (TPSA) is 30.5 Å². The zero-order valence-corrected chi connectivity index (χ0v) is 13.4. The molecule has 0 amide bonds. The van der Waals surface area contributed by atoms with Gasteiger partial charge in [-0.05, 0) is 50.5 Å². The molecule has 21 heavy (non-hydrogen) atoms. The predicted octanol–water partition coefficient (Wildman–Crippen LogP) is 4.17. The second-order valence-electron chi connectivity index (χ2n) is 5.99. The maximum atomic E-state index is 5.95. The van der Waals surface area contributed by atoms with Crippen LogP contribution in [0.2, 0.25) is 0 Å². The monoisotopic (exact) mass is 291 g/mol. The third-order valence-corrected chi connectivity index (χ3v) is 3.93. The lowest BCUT2D eigenvalue weighted by molar-refractivity contribution is 0.205. The van der Waals surface area contributed by atoms with Crippen molar-refractivity contribution >= 4 is 0 Å². The van der Waals surface area contributed by atoms with Gasteiger partial charge in [0.25, 0.3) is 0 Å². The maximum Gasteiger partial charge on any atom is 0.120 e.